The fraction of sp³-hybridized carbons (Fsp3) is 0.500. The number of hydrogen-bond donors (Lipinski definition) is 1. The summed E-state index contributed by atoms with van der Waals surface area (Å²) >= 11 is 0. The highest BCUT2D eigenvalue weighted by atomic mass is 16.4. The second kappa shape index (κ2) is 5.32. The van der Waals surface area contributed by atoms with E-state index in [4.69, 9.17) is 5.11 Å². The maximum absolute atomic E-state index is 10.7. The average Bonchev–Trinajstić information content (AvgIpc) is 2.27. The van der Waals surface area contributed by atoms with E-state index in [2.05, 4.69) is 11.8 Å². The Morgan fingerprint density at radius 3 is 2.53 bits per heavy atom. The molecule has 1 fully saturated rings. The molecule has 0 aromatic heterocycles. The van der Waals surface area contributed by atoms with Gasteiger partial charge >= 0.3 is 5.97 Å². The van der Waals surface area contributed by atoms with E-state index in [-0.39, 0.29) is 0 Å². The second-order valence-electron chi connectivity index (χ2n) is 4.85. The summed E-state index contributed by atoms with van der Waals surface area (Å²) in [7, 11) is 0. The van der Waals surface area contributed by atoms with Crippen LogP contribution in [0.3, 0.4) is 0 Å². The number of likely N-dealkylation sites (tertiary alicyclic amines) is 1. The molecule has 92 valence electrons. The van der Waals surface area contributed by atoms with Gasteiger partial charge in [-0.25, -0.2) is 4.79 Å². The molecule has 0 radical (unpaired) electrons. The molecule has 2 rings (SSSR count). The van der Waals surface area contributed by atoms with E-state index in [9.17, 15) is 4.79 Å². The van der Waals surface area contributed by atoms with Crippen molar-refractivity contribution in [2.75, 3.05) is 13.1 Å². The minimum absolute atomic E-state index is 0.362. The predicted octanol–water partition coefficient (Wildman–Crippen LogP) is 2.62. The van der Waals surface area contributed by atoms with Crippen molar-refractivity contribution in [3.63, 3.8) is 0 Å². The fourth-order valence-electron chi connectivity index (χ4n) is 2.41. The van der Waals surface area contributed by atoms with E-state index >= 15 is 0 Å². The molecule has 3 heteroatoms. The summed E-state index contributed by atoms with van der Waals surface area (Å²) in [6.45, 7) is 5.55. The Kier molecular flexibility index (Phi) is 3.79. The number of aromatic carboxylic acids is 1. The molecule has 0 saturated carbocycles. The number of carboxylic acids is 1. The Labute approximate surface area is 102 Å². The largest absolute Gasteiger partial charge is 0.478 e. The molecule has 0 unspecified atom stereocenters. The maximum atomic E-state index is 10.7. The van der Waals surface area contributed by atoms with Crippen molar-refractivity contribution < 1.29 is 9.90 Å². The van der Waals surface area contributed by atoms with Crippen LogP contribution in [0.25, 0.3) is 0 Å². The summed E-state index contributed by atoms with van der Waals surface area (Å²) in [6, 6.07) is 7.19. The molecule has 1 N–H and O–H groups in total. The van der Waals surface area contributed by atoms with Crippen molar-refractivity contribution in [1.82, 2.24) is 4.90 Å². The number of carboxylic acid groups (broad SMARTS) is 1. The van der Waals surface area contributed by atoms with Crippen LogP contribution >= 0.6 is 0 Å². The number of nitrogens with zero attached hydrogens (tertiary/aromatic N) is 1. The zero-order chi connectivity index (χ0) is 12.3. The van der Waals surface area contributed by atoms with Gasteiger partial charge < -0.3 is 5.11 Å². The molecule has 1 aromatic carbocycles. The van der Waals surface area contributed by atoms with Gasteiger partial charge in [-0.3, -0.25) is 4.90 Å². The first-order chi connectivity index (χ1) is 8.19. The van der Waals surface area contributed by atoms with Gasteiger partial charge in [0.05, 0.1) is 5.56 Å². The molecule has 3 nitrogen and oxygen atoms in total. The third-order valence-electron chi connectivity index (χ3n) is 3.34. The van der Waals surface area contributed by atoms with Gasteiger partial charge in [-0.2, -0.15) is 0 Å². The number of benzene rings is 1. The Morgan fingerprint density at radius 1 is 1.35 bits per heavy atom. The lowest BCUT2D eigenvalue weighted by Gasteiger charge is -2.39. The Balaban J connectivity index is 1.82. The molecule has 1 heterocycles. The minimum Gasteiger partial charge on any atom is -0.478 e. The molecule has 0 atom stereocenters. The van der Waals surface area contributed by atoms with Crippen LogP contribution < -0.4 is 0 Å². The molecular weight excluding hydrogens is 214 g/mol. The molecule has 0 aliphatic carbocycles. The van der Waals surface area contributed by atoms with Gasteiger partial charge in [0.25, 0.3) is 0 Å². The number of carbonyl (C=O) groups is 1. The Hall–Kier alpha value is -1.35. The normalized spacial score (nSPS) is 16.8. The third-order valence-corrected chi connectivity index (χ3v) is 3.34. The third kappa shape index (κ3) is 3.07. The van der Waals surface area contributed by atoms with Crippen LogP contribution in [0.1, 0.15) is 35.7 Å². The standard InChI is InChI=1S/C14H19NO2/c1-2-3-12-9-15(10-12)8-11-4-6-13(7-5-11)14(16)17/h4-7,12H,2-3,8-10H2,1H3,(H,16,17). The molecule has 0 bridgehead atoms. The topological polar surface area (TPSA) is 40.5 Å². The second-order valence-corrected chi connectivity index (χ2v) is 4.85. The monoisotopic (exact) mass is 233 g/mol. The number of hydrogen-bond acceptors (Lipinski definition) is 2. The van der Waals surface area contributed by atoms with Crippen molar-refractivity contribution in [3.8, 4) is 0 Å². The summed E-state index contributed by atoms with van der Waals surface area (Å²) in [5, 5.41) is 8.80. The first-order valence-corrected chi connectivity index (χ1v) is 6.23. The molecular formula is C14H19NO2. The van der Waals surface area contributed by atoms with Gasteiger partial charge in [0.1, 0.15) is 0 Å². The Morgan fingerprint density at radius 2 is 2.00 bits per heavy atom. The van der Waals surface area contributed by atoms with Gasteiger partial charge in [-0.15, -0.1) is 0 Å². The minimum atomic E-state index is -0.858. The van der Waals surface area contributed by atoms with Gasteiger partial charge in [0, 0.05) is 19.6 Å². The van der Waals surface area contributed by atoms with Crippen LogP contribution in [0.4, 0.5) is 0 Å². The van der Waals surface area contributed by atoms with Crippen LogP contribution in [0.15, 0.2) is 24.3 Å². The van der Waals surface area contributed by atoms with E-state index in [1.165, 1.54) is 31.5 Å². The van der Waals surface area contributed by atoms with Crippen LogP contribution in [0, 0.1) is 5.92 Å². The van der Waals surface area contributed by atoms with E-state index in [1.54, 1.807) is 12.1 Å². The maximum Gasteiger partial charge on any atom is 0.335 e. The fourth-order valence-corrected chi connectivity index (χ4v) is 2.41. The van der Waals surface area contributed by atoms with Crippen LogP contribution in [-0.2, 0) is 6.54 Å². The first kappa shape index (κ1) is 12.1. The zero-order valence-corrected chi connectivity index (χ0v) is 10.2. The SMILES string of the molecule is CCCC1CN(Cc2ccc(C(=O)O)cc2)C1. The molecule has 17 heavy (non-hydrogen) atoms. The molecule has 1 aliphatic rings. The summed E-state index contributed by atoms with van der Waals surface area (Å²) in [6.07, 6.45) is 2.60. The van der Waals surface area contributed by atoms with Crippen molar-refractivity contribution >= 4 is 5.97 Å². The zero-order valence-electron chi connectivity index (χ0n) is 10.2. The van der Waals surface area contributed by atoms with Crippen molar-refractivity contribution in [3.05, 3.63) is 35.4 Å². The van der Waals surface area contributed by atoms with Crippen molar-refractivity contribution in [1.29, 1.82) is 0 Å². The van der Waals surface area contributed by atoms with Gasteiger partial charge in [-0.05, 0) is 30.0 Å². The number of rotatable bonds is 5. The highest BCUT2D eigenvalue weighted by Crippen LogP contribution is 2.22. The van der Waals surface area contributed by atoms with Gasteiger partial charge in [-0.1, -0.05) is 25.5 Å². The van der Waals surface area contributed by atoms with E-state index in [1.807, 2.05) is 12.1 Å². The van der Waals surface area contributed by atoms with E-state index in [0.29, 0.717) is 5.56 Å². The molecule has 0 spiro atoms. The van der Waals surface area contributed by atoms with E-state index < -0.39 is 5.97 Å². The lowest BCUT2D eigenvalue weighted by atomic mass is 9.94. The predicted molar refractivity (Wildman–Crippen MR) is 67.1 cm³/mol. The van der Waals surface area contributed by atoms with Crippen molar-refractivity contribution in [2.24, 2.45) is 5.92 Å². The lowest BCUT2D eigenvalue weighted by Crippen LogP contribution is -2.45. The van der Waals surface area contributed by atoms with Gasteiger partial charge in [0.15, 0.2) is 0 Å². The quantitative estimate of drug-likeness (QED) is 0.850. The van der Waals surface area contributed by atoms with Crippen LogP contribution in [0.2, 0.25) is 0 Å². The summed E-state index contributed by atoms with van der Waals surface area (Å²) in [4.78, 5) is 13.1. The smallest absolute Gasteiger partial charge is 0.335 e. The summed E-state index contributed by atoms with van der Waals surface area (Å²) < 4.78 is 0. The Bertz CT molecular complexity index is 380. The average molecular weight is 233 g/mol. The highest BCUT2D eigenvalue weighted by molar-refractivity contribution is 5.87. The van der Waals surface area contributed by atoms with Crippen LogP contribution in [-0.4, -0.2) is 29.1 Å². The lowest BCUT2D eigenvalue weighted by molar-refractivity contribution is 0.0696. The first-order valence-electron chi connectivity index (χ1n) is 6.23. The van der Waals surface area contributed by atoms with E-state index in [0.717, 1.165) is 12.5 Å². The molecule has 1 aliphatic heterocycles. The van der Waals surface area contributed by atoms with Gasteiger partial charge in [0.2, 0.25) is 0 Å². The highest BCUT2D eigenvalue weighted by Gasteiger charge is 2.25. The summed E-state index contributed by atoms with van der Waals surface area (Å²) in [5.74, 6) is 0.0156. The molecule has 0 amide bonds. The summed E-state index contributed by atoms with van der Waals surface area (Å²) in [5.41, 5.74) is 1.56. The van der Waals surface area contributed by atoms with Crippen molar-refractivity contribution in [2.45, 2.75) is 26.3 Å². The van der Waals surface area contributed by atoms with Crippen LogP contribution in [0.5, 0.6) is 0 Å². The molecule has 1 aromatic rings. The molecule has 1 saturated heterocycles.